The number of anilines is 2. The number of para-hydroxylation sites is 1. The number of rotatable bonds is 5. The zero-order valence-corrected chi connectivity index (χ0v) is 25.4. The SMILES string of the molecule is CCOC(=O)c1sc(N2C(=O)c3oc4ccc(Cl)cc4c(=O)c3C23C(=O)N(Cc2cccc(C)c2)c2ccccc23)nc1C. The fraction of sp³-hybridized carbons (Fsp3) is 0.182. The molecule has 9 nitrogen and oxygen atoms in total. The summed E-state index contributed by atoms with van der Waals surface area (Å²) in [7, 11) is 0. The lowest BCUT2D eigenvalue weighted by Crippen LogP contribution is -2.53. The molecule has 5 aromatic rings. The summed E-state index contributed by atoms with van der Waals surface area (Å²) < 4.78 is 11.3. The van der Waals surface area contributed by atoms with Gasteiger partial charge in [-0.1, -0.05) is 71.0 Å². The molecule has 220 valence electrons. The molecule has 11 heteroatoms. The Bertz CT molecular complexity index is 2120. The molecule has 0 N–H and O–H groups in total. The first-order valence-electron chi connectivity index (χ1n) is 13.9. The first kappa shape index (κ1) is 28.0. The molecule has 44 heavy (non-hydrogen) atoms. The van der Waals surface area contributed by atoms with Crippen molar-refractivity contribution in [3.05, 3.63) is 121 Å². The van der Waals surface area contributed by atoms with Crippen LogP contribution in [0.2, 0.25) is 5.02 Å². The molecule has 0 aliphatic carbocycles. The summed E-state index contributed by atoms with van der Waals surface area (Å²) in [6.07, 6.45) is 0. The summed E-state index contributed by atoms with van der Waals surface area (Å²) in [6.45, 7) is 5.62. The zero-order chi connectivity index (χ0) is 30.9. The van der Waals surface area contributed by atoms with Crippen LogP contribution in [0, 0.1) is 13.8 Å². The van der Waals surface area contributed by atoms with Gasteiger partial charge in [0, 0.05) is 10.6 Å². The molecule has 0 bridgehead atoms. The molecule has 2 aromatic heterocycles. The van der Waals surface area contributed by atoms with Crippen molar-refractivity contribution in [2.75, 3.05) is 16.4 Å². The van der Waals surface area contributed by atoms with Crippen LogP contribution >= 0.6 is 22.9 Å². The predicted octanol–water partition coefficient (Wildman–Crippen LogP) is 6.15. The van der Waals surface area contributed by atoms with Crippen LogP contribution in [0.5, 0.6) is 0 Å². The first-order valence-corrected chi connectivity index (χ1v) is 15.1. The highest BCUT2D eigenvalue weighted by Crippen LogP contribution is 2.55. The summed E-state index contributed by atoms with van der Waals surface area (Å²) in [5, 5.41) is 0.494. The summed E-state index contributed by atoms with van der Waals surface area (Å²) >= 11 is 7.19. The maximum absolute atomic E-state index is 15.1. The lowest BCUT2D eigenvalue weighted by molar-refractivity contribution is -0.121. The predicted molar refractivity (Wildman–Crippen MR) is 167 cm³/mol. The average molecular weight is 626 g/mol. The third kappa shape index (κ3) is 3.87. The van der Waals surface area contributed by atoms with Crippen LogP contribution < -0.4 is 15.2 Å². The molecule has 0 saturated heterocycles. The van der Waals surface area contributed by atoms with E-state index in [1.54, 1.807) is 49.1 Å². The fourth-order valence-electron chi connectivity index (χ4n) is 6.15. The lowest BCUT2D eigenvalue weighted by atomic mass is 9.84. The van der Waals surface area contributed by atoms with Crippen molar-refractivity contribution in [1.82, 2.24) is 4.98 Å². The summed E-state index contributed by atoms with van der Waals surface area (Å²) in [6, 6.07) is 19.4. The topological polar surface area (TPSA) is 110 Å². The van der Waals surface area contributed by atoms with Gasteiger partial charge in [0.05, 0.1) is 35.5 Å². The second-order valence-electron chi connectivity index (χ2n) is 10.7. The number of hydrogen-bond acceptors (Lipinski definition) is 8. The molecule has 0 saturated carbocycles. The third-order valence-electron chi connectivity index (χ3n) is 7.95. The van der Waals surface area contributed by atoms with E-state index >= 15 is 4.79 Å². The van der Waals surface area contributed by atoms with Crippen LogP contribution in [0.1, 0.15) is 55.1 Å². The number of thiazole rings is 1. The van der Waals surface area contributed by atoms with Gasteiger partial charge in [0.1, 0.15) is 10.5 Å². The van der Waals surface area contributed by atoms with E-state index < -0.39 is 28.8 Å². The summed E-state index contributed by atoms with van der Waals surface area (Å²) in [4.78, 5) is 64.3. The Morgan fingerprint density at radius 2 is 1.84 bits per heavy atom. The molecule has 2 aliphatic heterocycles. The van der Waals surface area contributed by atoms with Gasteiger partial charge >= 0.3 is 5.97 Å². The van der Waals surface area contributed by atoms with Gasteiger partial charge in [-0.25, -0.2) is 9.78 Å². The van der Waals surface area contributed by atoms with Crippen LogP contribution in [0.25, 0.3) is 11.0 Å². The molecular formula is C33H24ClN3O6S. The van der Waals surface area contributed by atoms with Crippen molar-refractivity contribution in [3.8, 4) is 0 Å². The number of esters is 1. The van der Waals surface area contributed by atoms with Gasteiger partial charge in [0.2, 0.25) is 5.76 Å². The molecule has 1 unspecified atom stereocenters. The Balaban J connectivity index is 1.54. The maximum Gasteiger partial charge on any atom is 0.350 e. The maximum atomic E-state index is 15.1. The van der Waals surface area contributed by atoms with Gasteiger partial charge in [-0.05, 0) is 50.6 Å². The molecule has 1 atom stereocenters. The van der Waals surface area contributed by atoms with Crippen LogP contribution in [-0.2, 0) is 21.6 Å². The zero-order valence-electron chi connectivity index (χ0n) is 23.8. The minimum absolute atomic E-state index is 0.0593. The highest BCUT2D eigenvalue weighted by atomic mass is 35.5. The molecule has 4 heterocycles. The number of amides is 2. The van der Waals surface area contributed by atoms with Gasteiger partial charge in [-0.15, -0.1) is 0 Å². The monoisotopic (exact) mass is 625 g/mol. The minimum Gasteiger partial charge on any atom is -0.462 e. The van der Waals surface area contributed by atoms with E-state index in [0.29, 0.717) is 22.0 Å². The molecule has 1 spiro atoms. The lowest BCUT2D eigenvalue weighted by Gasteiger charge is -2.32. The van der Waals surface area contributed by atoms with Crippen LogP contribution in [0.15, 0.2) is 75.9 Å². The Morgan fingerprint density at radius 3 is 2.61 bits per heavy atom. The molecule has 2 amide bonds. The normalized spacial score (nSPS) is 17.1. The van der Waals surface area contributed by atoms with E-state index in [0.717, 1.165) is 22.5 Å². The van der Waals surface area contributed by atoms with Crippen LogP contribution in [0.3, 0.4) is 0 Å². The van der Waals surface area contributed by atoms with Gasteiger partial charge in [-0.2, -0.15) is 0 Å². The molecule has 3 aromatic carbocycles. The number of ether oxygens (including phenoxy) is 1. The molecule has 0 fully saturated rings. The number of fused-ring (bicyclic) bond motifs is 5. The molecular weight excluding hydrogens is 602 g/mol. The summed E-state index contributed by atoms with van der Waals surface area (Å²) in [5.41, 5.74) is 0.696. The van der Waals surface area contributed by atoms with E-state index in [1.807, 2.05) is 31.2 Å². The summed E-state index contributed by atoms with van der Waals surface area (Å²) in [5.74, 6) is -2.11. The van der Waals surface area contributed by atoms with Crippen LogP contribution in [-0.4, -0.2) is 29.4 Å². The van der Waals surface area contributed by atoms with Gasteiger partial charge < -0.3 is 14.1 Å². The van der Waals surface area contributed by atoms with E-state index in [9.17, 15) is 14.4 Å². The number of hydrogen-bond donors (Lipinski definition) is 0. The Hall–Kier alpha value is -4.80. The molecule has 7 rings (SSSR count). The minimum atomic E-state index is -1.96. The molecule has 2 aliphatic rings. The number of nitrogens with zero attached hydrogens (tertiary/aromatic N) is 3. The Labute approximate surface area is 260 Å². The third-order valence-corrected chi connectivity index (χ3v) is 9.30. The molecule has 0 radical (unpaired) electrons. The van der Waals surface area contributed by atoms with Crippen LogP contribution in [0.4, 0.5) is 10.8 Å². The van der Waals surface area contributed by atoms with Crippen molar-refractivity contribution >= 4 is 62.5 Å². The van der Waals surface area contributed by atoms with E-state index in [-0.39, 0.29) is 45.5 Å². The van der Waals surface area contributed by atoms with Crippen molar-refractivity contribution in [2.24, 2.45) is 0 Å². The second-order valence-corrected chi connectivity index (χ2v) is 12.1. The Morgan fingerprint density at radius 1 is 1.05 bits per heavy atom. The largest absolute Gasteiger partial charge is 0.462 e. The van der Waals surface area contributed by atoms with E-state index in [2.05, 4.69) is 4.98 Å². The quantitative estimate of drug-likeness (QED) is 0.216. The average Bonchev–Trinajstić information content (AvgIpc) is 3.59. The number of benzene rings is 3. The smallest absolute Gasteiger partial charge is 0.350 e. The number of aromatic nitrogens is 1. The first-order chi connectivity index (χ1) is 21.2. The number of halogens is 1. The van der Waals surface area contributed by atoms with Gasteiger partial charge in [0.15, 0.2) is 16.1 Å². The Kier molecular flexibility index (Phi) is 6.45. The van der Waals surface area contributed by atoms with Gasteiger partial charge in [-0.3, -0.25) is 19.3 Å². The fourth-order valence-corrected chi connectivity index (χ4v) is 7.33. The van der Waals surface area contributed by atoms with E-state index in [1.165, 1.54) is 17.0 Å². The number of carbonyl (C=O) groups excluding carboxylic acids is 3. The van der Waals surface area contributed by atoms with E-state index in [4.69, 9.17) is 20.8 Å². The van der Waals surface area contributed by atoms with Crippen molar-refractivity contribution in [3.63, 3.8) is 0 Å². The number of aryl methyl sites for hydroxylation is 2. The highest BCUT2D eigenvalue weighted by molar-refractivity contribution is 7.17. The van der Waals surface area contributed by atoms with Crippen molar-refractivity contribution in [1.29, 1.82) is 0 Å². The standard InChI is InChI=1S/C33H24ClN3O6S/c1-4-42-30(40)28-18(3)35-32(44-28)37-29(39)27-25(26(38)21-15-20(34)12-13-24(21)43-27)33(37)22-10-5-6-11-23(22)36(31(33)41)16-19-9-7-8-17(2)14-19/h5-15H,4,16H2,1-3H3. The highest BCUT2D eigenvalue weighted by Gasteiger charge is 2.66. The van der Waals surface area contributed by atoms with Gasteiger partial charge in [0.25, 0.3) is 11.8 Å². The number of carbonyl (C=O) groups is 3. The second kappa shape index (κ2) is 10.1. The van der Waals surface area contributed by atoms with Crippen molar-refractivity contribution in [2.45, 2.75) is 32.9 Å². The van der Waals surface area contributed by atoms with Crippen molar-refractivity contribution < 1.29 is 23.5 Å².